The molecule has 1 aromatic heterocycles. The second kappa shape index (κ2) is 11.6. The van der Waals surface area contributed by atoms with E-state index in [-0.39, 0.29) is 17.6 Å². The molecule has 0 saturated heterocycles. The molecule has 3 rings (SSSR count). The van der Waals surface area contributed by atoms with Crippen molar-refractivity contribution in [1.82, 2.24) is 20.1 Å². The van der Waals surface area contributed by atoms with Gasteiger partial charge in [0, 0.05) is 22.2 Å². The van der Waals surface area contributed by atoms with Crippen LogP contribution in [0.2, 0.25) is 15.1 Å². The topological polar surface area (TPSA) is 88.9 Å². The predicted octanol–water partition coefficient (Wildman–Crippen LogP) is 5.65. The average Bonchev–Trinajstić information content (AvgIpc) is 3.18. The Morgan fingerprint density at radius 3 is 2.52 bits per heavy atom. The van der Waals surface area contributed by atoms with Crippen LogP contribution < -0.4 is 10.6 Å². The minimum Gasteiger partial charge on any atom is -0.342 e. The number of nitrogens with zero attached hydrogens (tertiary/aromatic N) is 3. The molecule has 7 nitrogen and oxygen atoms in total. The summed E-state index contributed by atoms with van der Waals surface area (Å²) in [7, 11) is 0. The van der Waals surface area contributed by atoms with Crippen LogP contribution in [0.15, 0.2) is 60.3 Å². The predicted molar refractivity (Wildman–Crippen MR) is 133 cm³/mol. The Kier molecular flexibility index (Phi) is 8.80. The van der Waals surface area contributed by atoms with Gasteiger partial charge in [-0.15, -0.1) is 16.8 Å². The maximum absolute atomic E-state index is 12.5. The third-order valence-electron chi connectivity index (χ3n) is 4.43. The van der Waals surface area contributed by atoms with E-state index in [0.717, 1.165) is 0 Å². The smallest absolute Gasteiger partial charge is 0.251 e. The highest BCUT2D eigenvalue weighted by Crippen LogP contribution is 2.26. The van der Waals surface area contributed by atoms with Crippen LogP contribution in [-0.4, -0.2) is 32.3 Å². The van der Waals surface area contributed by atoms with Gasteiger partial charge in [-0.2, -0.15) is 0 Å². The maximum Gasteiger partial charge on any atom is 0.251 e. The lowest BCUT2D eigenvalue weighted by Crippen LogP contribution is -2.28. The van der Waals surface area contributed by atoms with E-state index >= 15 is 0 Å². The zero-order chi connectivity index (χ0) is 24.0. The lowest BCUT2D eigenvalue weighted by Gasteiger charge is -2.15. The van der Waals surface area contributed by atoms with Crippen LogP contribution in [0.4, 0.5) is 5.69 Å². The third kappa shape index (κ3) is 6.74. The highest BCUT2D eigenvalue weighted by atomic mass is 35.5. The Hall–Kier alpha value is -2.52. The summed E-state index contributed by atoms with van der Waals surface area (Å²) in [5.41, 5.74) is 0.911. The van der Waals surface area contributed by atoms with Crippen LogP contribution in [0, 0.1) is 0 Å². The van der Waals surface area contributed by atoms with Crippen LogP contribution in [0.25, 0.3) is 0 Å². The van der Waals surface area contributed by atoms with E-state index in [1.807, 2.05) is 0 Å². The molecule has 0 fully saturated rings. The number of anilines is 1. The summed E-state index contributed by atoms with van der Waals surface area (Å²) in [6.07, 6.45) is 1.69. The zero-order valence-electron chi connectivity index (χ0n) is 17.5. The molecule has 172 valence electrons. The van der Waals surface area contributed by atoms with Crippen molar-refractivity contribution in [2.45, 2.75) is 24.7 Å². The molecule has 1 heterocycles. The number of nitrogens with one attached hydrogen (secondary N) is 2. The summed E-state index contributed by atoms with van der Waals surface area (Å²) < 4.78 is 1.80. The zero-order valence-corrected chi connectivity index (χ0v) is 20.6. The number of halogens is 3. The molecular formula is C22H20Cl3N5O2S. The van der Waals surface area contributed by atoms with E-state index in [9.17, 15) is 9.59 Å². The van der Waals surface area contributed by atoms with Gasteiger partial charge in [-0.25, -0.2) is 0 Å². The molecule has 0 aliphatic heterocycles. The lowest BCUT2D eigenvalue weighted by molar-refractivity contribution is -0.113. The molecule has 2 N–H and O–H groups in total. The third-order valence-corrected chi connectivity index (χ3v) is 6.22. The molecule has 0 spiro atoms. The summed E-state index contributed by atoms with van der Waals surface area (Å²) in [6.45, 7) is 5.99. The molecule has 0 unspecified atom stereocenters. The molecule has 0 bridgehead atoms. The van der Waals surface area contributed by atoms with Gasteiger partial charge in [-0.1, -0.05) is 52.6 Å². The van der Waals surface area contributed by atoms with Crippen molar-refractivity contribution in [3.05, 3.63) is 81.6 Å². The van der Waals surface area contributed by atoms with Crippen LogP contribution in [0.1, 0.15) is 29.1 Å². The standard InChI is InChI=1S/C22H20Cl3N5O2S/c1-3-10-30-20(13(2)26-21(32)14-4-6-15(23)7-5-14)28-29-22(30)33-12-19(31)27-18-11-16(24)8-9-17(18)25/h3-9,11,13H,1,10,12H2,2H3,(H,26,32)(H,27,31)/t13-/m0/s1. The van der Waals surface area contributed by atoms with Crippen LogP contribution >= 0.6 is 46.6 Å². The first-order valence-corrected chi connectivity index (χ1v) is 11.9. The van der Waals surface area contributed by atoms with Gasteiger partial charge in [-0.05, 0) is 49.4 Å². The molecule has 1 atom stereocenters. The summed E-state index contributed by atoms with van der Waals surface area (Å²) in [5, 5.41) is 16.0. The molecule has 3 aromatic rings. The minimum atomic E-state index is -0.436. The fourth-order valence-corrected chi connectivity index (χ4v) is 4.10. The van der Waals surface area contributed by atoms with Crippen molar-refractivity contribution in [3.8, 4) is 0 Å². The number of thioether (sulfide) groups is 1. The molecule has 0 saturated carbocycles. The van der Waals surface area contributed by atoms with Crippen molar-refractivity contribution >= 4 is 64.1 Å². The average molecular weight is 525 g/mol. The first-order valence-electron chi connectivity index (χ1n) is 9.76. The van der Waals surface area contributed by atoms with Gasteiger partial charge >= 0.3 is 0 Å². The fraction of sp³-hybridized carbons (Fsp3) is 0.182. The van der Waals surface area contributed by atoms with E-state index < -0.39 is 6.04 Å². The summed E-state index contributed by atoms with van der Waals surface area (Å²) in [5.74, 6) is 0.0733. The van der Waals surface area contributed by atoms with E-state index in [2.05, 4.69) is 27.4 Å². The Labute approximate surface area is 210 Å². The lowest BCUT2D eigenvalue weighted by atomic mass is 10.2. The first kappa shape index (κ1) is 25.1. The molecule has 33 heavy (non-hydrogen) atoms. The van der Waals surface area contributed by atoms with Gasteiger partial charge in [0.2, 0.25) is 5.91 Å². The van der Waals surface area contributed by atoms with Gasteiger partial charge in [0.1, 0.15) is 0 Å². The van der Waals surface area contributed by atoms with E-state index in [1.165, 1.54) is 11.8 Å². The molecule has 0 radical (unpaired) electrons. The van der Waals surface area contributed by atoms with Crippen molar-refractivity contribution in [3.63, 3.8) is 0 Å². The molecule has 11 heteroatoms. The SMILES string of the molecule is C=CCn1c(SCC(=O)Nc2cc(Cl)ccc2Cl)nnc1[C@H](C)NC(=O)c1ccc(Cl)cc1. The Balaban J connectivity index is 1.67. The molecule has 2 aromatic carbocycles. The molecule has 2 amide bonds. The second-order valence-corrected chi connectivity index (χ2v) is 9.13. The number of allylic oxidation sites excluding steroid dienone is 1. The number of rotatable bonds is 9. The van der Waals surface area contributed by atoms with Gasteiger partial charge in [0.25, 0.3) is 5.91 Å². The largest absolute Gasteiger partial charge is 0.342 e. The highest BCUT2D eigenvalue weighted by molar-refractivity contribution is 7.99. The second-order valence-electron chi connectivity index (χ2n) is 6.90. The monoisotopic (exact) mass is 523 g/mol. The summed E-state index contributed by atoms with van der Waals surface area (Å²) in [4.78, 5) is 25.0. The quantitative estimate of drug-likeness (QED) is 0.279. The van der Waals surface area contributed by atoms with Crippen molar-refractivity contribution < 1.29 is 9.59 Å². The number of amides is 2. The Morgan fingerprint density at radius 2 is 1.82 bits per heavy atom. The van der Waals surface area contributed by atoms with Gasteiger partial charge in [0.05, 0.1) is 22.5 Å². The van der Waals surface area contributed by atoms with Crippen molar-refractivity contribution in [2.75, 3.05) is 11.1 Å². The fourth-order valence-electron chi connectivity index (χ4n) is 2.88. The summed E-state index contributed by atoms with van der Waals surface area (Å²) >= 11 is 19.1. The van der Waals surface area contributed by atoms with E-state index in [4.69, 9.17) is 34.8 Å². The van der Waals surface area contributed by atoms with Crippen LogP contribution in [0.5, 0.6) is 0 Å². The normalized spacial score (nSPS) is 11.6. The Morgan fingerprint density at radius 1 is 1.12 bits per heavy atom. The van der Waals surface area contributed by atoms with Gasteiger partial charge in [0.15, 0.2) is 11.0 Å². The van der Waals surface area contributed by atoms with Crippen LogP contribution in [0.3, 0.4) is 0 Å². The van der Waals surface area contributed by atoms with E-state index in [0.29, 0.717) is 43.8 Å². The number of benzene rings is 2. The number of carbonyl (C=O) groups is 2. The van der Waals surface area contributed by atoms with Crippen molar-refractivity contribution in [1.29, 1.82) is 0 Å². The van der Waals surface area contributed by atoms with Gasteiger partial charge < -0.3 is 15.2 Å². The number of carbonyl (C=O) groups excluding carboxylic acids is 2. The number of hydrogen-bond acceptors (Lipinski definition) is 5. The minimum absolute atomic E-state index is 0.0730. The van der Waals surface area contributed by atoms with E-state index in [1.54, 1.807) is 60.0 Å². The van der Waals surface area contributed by atoms with Crippen LogP contribution in [-0.2, 0) is 11.3 Å². The molecular weight excluding hydrogens is 505 g/mol. The molecule has 0 aliphatic rings. The summed E-state index contributed by atoms with van der Waals surface area (Å²) in [6, 6.07) is 11.0. The highest BCUT2D eigenvalue weighted by Gasteiger charge is 2.20. The maximum atomic E-state index is 12.5. The Bertz CT molecular complexity index is 1170. The molecule has 0 aliphatic carbocycles. The number of hydrogen-bond donors (Lipinski definition) is 2. The van der Waals surface area contributed by atoms with Crippen molar-refractivity contribution in [2.24, 2.45) is 0 Å². The first-order chi connectivity index (χ1) is 15.8. The van der Waals surface area contributed by atoms with Gasteiger partial charge in [-0.3, -0.25) is 9.59 Å². The number of aromatic nitrogens is 3.